The number of halogens is 3. The molecule has 0 spiro atoms. The first-order valence-electron chi connectivity index (χ1n) is 5.86. The van der Waals surface area contributed by atoms with Crippen LogP contribution < -0.4 is 5.73 Å². The number of nitrogens with zero attached hydrogens (tertiary/aromatic N) is 1. The predicted octanol–water partition coefficient (Wildman–Crippen LogP) is 2.99. The number of rotatable bonds is 3. The zero-order valence-corrected chi connectivity index (χ0v) is 10.0. The maximum Gasteiger partial charge on any atom is 0.416 e. The Bertz CT molecular complexity index is 505. The molecule has 104 valence electrons. The molecule has 1 aliphatic rings. The maximum absolute atomic E-state index is 12.8. The number of nitro benzene ring substituents is 1. The lowest BCUT2D eigenvalue weighted by atomic mass is 9.64. The van der Waals surface area contributed by atoms with Crippen LogP contribution in [0.25, 0.3) is 0 Å². The van der Waals surface area contributed by atoms with Gasteiger partial charge in [-0.25, -0.2) is 0 Å². The number of benzene rings is 1. The lowest BCUT2D eigenvalue weighted by Gasteiger charge is -2.41. The van der Waals surface area contributed by atoms with Gasteiger partial charge >= 0.3 is 6.18 Å². The van der Waals surface area contributed by atoms with Crippen molar-refractivity contribution in [2.45, 2.75) is 30.9 Å². The molecule has 1 saturated carbocycles. The summed E-state index contributed by atoms with van der Waals surface area (Å²) in [6, 6.07) is 2.76. The molecule has 1 aromatic rings. The second-order valence-corrected chi connectivity index (χ2v) is 4.86. The summed E-state index contributed by atoms with van der Waals surface area (Å²) >= 11 is 0. The Balaban J connectivity index is 2.55. The van der Waals surface area contributed by atoms with Crippen LogP contribution in [0.15, 0.2) is 18.2 Å². The molecule has 1 fully saturated rings. The molecular formula is C12H13F3N2O2. The minimum absolute atomic E-state index is 0.200. The van der Waals surface area contributed by atoms with Crippen LogP contribution in [0.3, 0.4) is 0 Å². The van der Waals surface area contributed by atoms with Crippen LogP contribution in [0.1, 0.15) is 30.4 Å². The van der Waals surface area contributed by atoms with Gasteiger partial charge in [-0.1, -0.05) is 6.42 Å². The molecule has 0 heterocycles. The molecule has 2 N–H and O–H groups in total. The van der Waals surface area contributed by atoms with Crippen molar-refractivity contribution < 1.29 is 18.1 Å². The highest BCUT2D eigenvalue weighted by molar-refractivity contribution is 5.44. The molecule has 0 bridgehead atoms. The van der Waals surface area contributed by atoms with Crippen LogP contribution in [-0.2, 0) is 11.6 Å². The fourth-order valence-corrected chi connectivity index (χ4v) is 2.40. The summed E-state index contributed by atoms with van der Waals surface area (Å²) in [5.74, 6) is 0. The van der Waals surface area contributed by atoms with E-state index < -0.39 is 27.8 Å². The Morgan fingerprint density at radius 3 is 2.32 bits per heavy atom. The lowest BCUT2D eigenvalue weighted by molar-refractivity contribution is -0.385. The van der Waals surface area contributed by atoms with Gasteiger partial charge in [-0.2, -0.15) is 13.2 Å². The average Bonchev–Trinajstić information content (AvgIpc) is 2.26. The minimum atomic E-state index is -4.60. The monoisotopic (exact) mass is 274 g/mol. The Labute approximate surface area is 107 Å². The van der Waals surface area contributed by atoms with E-state index in [9.17, 15) is 23.3 Å². The molecule has 4 nitrogen and oxygen atoms in total. The van der Waals surface area contributed by atoms with Crippen molar-refractivity contribution in [1.82, 2.24) is 0 Å². The van der Waals surface area contributed by atoms with Crippen LogP contribution in [0.4, 0.5) is 18.9 Å². The third-order valence-corrected chi connectivity index (χ3v) is 3.77. The van der Waals surface area contributed by atoms with Crippen LogP contribution >= 0.6 is 0 Å². The summed E-state index contributed by atoms with van der Waals surface area (Å²) in [6.45, 7) is 0.200. The number of nitrogens with two attached hydrogens (primary N) is 1. The van der Waals surface area contributed by atoms with E-state index in [0.717, 1.165) is 12.5 Å². The third-order valence-electron chi connectivity index (χ3n) is 3.77. The molecule has 1 aromatic carbocycles. The number of hydrogen-bond acceptors (Lipinski definition) is 3. The summed E-state index contributed by atoms with van der Waals surface area (Å²) in [5.41, 5.74) is 3.89. The highest BCUT2D eigenvalue weighted by Gasteiger charge is 2.41. The van der Waals surface area contributed by atoms with E-state index in [1.807, 2.05) is 0 Å². The lowest BCUT2D eigenvalue weighted by Crippen LogP contribution is -2.41. The molecule has 0 saturated heterocycles. The van der Waals surface area contributed by atoms with Gasteiger partial charge in [0.25, 0.3) is 5.69 Å². The summed E-state index contributed by atoms with van der Waals surface area (Å²) in [4.78, 5) is 9.96. The topological polar surface area (TPSA) is 69.2 Å². The van der Waals surface area contributed by atoms with Crippen molar-refractivity contribution in [3.8, 4) is 0 Å². The number of nitro groups is 1. The van der Waals surface area contributed by atoms with Crippen molar-refractivity contribution in [3.63, 3.8) is 0 Å². The zero-order chi connectivity index (χ0) is 14.3. The van der Waals surface area contributed by atoms with Gasteiger partial charge in [-0.15, -0.1) is 0 Å². The SMILES string of the molecule is NCC1(c2cc([N+](=O)[O-])cc(C(F)(F)F)c2)CCC1. The second kappa shape index (κ2) is 4.48. The maximum atomic E-state index is 12.8. The summed E-state index contributed by atoms with van der Waals surface area (Å²) in [5, 5.41) is 10.8. The first-order valence-corrected chi connectivity index (χ1v) is 5.86. The molecule has 0 aliphatic heterocycles. The van der Waals surface area contributed by atoms with Gasteiger partial charge in [0.1, 0.15) is 0 Å². The molecule has 0 radical (unpaired) electrons. The Morgan fingerprint density at radius 2 is 1.95 bits per heavy atom. The van der Waals surface area contributed by atoms with E-state index in [-0.39, 0.29) is 6.54 Å². The van der Waals surface area contributed by atoms with Crippen molar-refractivity contribution >= 4 is 5.69 Å². The molecule has 1 aliphatic carbocycles. The van der Waals surface area contributed by atoms with Crippen LogP contribution in [0.2, 0.25) is 0 Å². The number of alkyl halides is 3. The molecular weight excluding hydrogens is 261 g/mol. The molecule has 2 rings (SSSR count). The van der Waals surface area contributed by atoms with E-state index in [1.165, 1.54) is 6.07 Å². The minimum Gasteiger partial charge on any atom is -0.330 e. The van der Waals surface area contributed by atoms with E-state index in [0.29, 0.717) is 24.5 Å². The normalized spacial score (nSPS) is 17.9. The van der Waals surface area contributed by atoms with Gasteiger partial charge in [0, 0.05) is 24.1 Å². The van der Waals surface area contributed by atoms with Crippen LogP contribution in [-0.4, -0.2) is 11.5 Å². The van der Waals surface area contributed by atoms with Crippen molar-refractivity contribution in [1.29, 1.82) is 0 Å². The van der Waals surface area contributed by atoms with Crippen molar-refractivity contribution in [3.05, 3.63) is 39.4 Å². The summed E-state index contributed by atoms with van der Waals surface area (Å²) in [7, 11) is 0. The van der Waals surface area contributed by atoms with E-state index >= 15 is 0 Å². The Kier molecular flexibility index (Phi) is 3.25. The van der Waals surface area contributed by atoms with Crippen molar-refractivity contribution in [2.75, 3.05) is 6.54 Å². The van der Waals surface area contributed by atoms with E-state index in [1.54, 1.807) is 0 Å². The average molecular weight is 274 g/mol. The summed E-state index contributed by atoms with van der Waals surface area (Å²) < 4.78 is 38.3. The van der Waals surface area contributed by atoms with Crippen molar-refractivity contribution in [2.24, 2.45) is 5.73 Å². The van der Waals surface area contributed by atoms with E-state index in [2.05, 4.69) is 0 Å². The van der Waals surface area contributed by atoms with Crippen LogP contribution in [0, 0.1) is 10.1 Å². The molecule has 7 heteroatoms. The standard InChI is InChI=1S/C12H13F3N2O2/c13-12(14,15)9-4-8(5-10(6-9)17(18)19)11(7-16)2-1-3-11/h4-6H,1-3,7,16H2. The largest absolute Gasteiger partial charge is 0.416 e. The predicted molar refractivity (Wildman–Crippen MR) is 62.7 cm³/mol. The van der Waals surface area contributed by atoms with Gasteiger partial charge in [0.2, 0.25) is 0 Å². The number of hydrogen-bond donors (Lipinski definition) is 1. The Hall–Kier alpha value is -1.63. The molecule has 0 unspecified atom stereocenters. The first kappa shape index (κ1) is 13.8. The number of non-ortho nitro benzene ring substituents is 1. The van der Waals surface area contributed by atoms with E-state index in [4.69, 9.17) is 5.73 Å². The molecule has 0 amide bonds. The van der Waals surface area contributed by atoms with Gasteiger partial charge < -0.3 is 5.73 Å². The highest BCUT2D eigenvalue weighted by Crippen LogP contribution is 2.45. The van der Waals surface area contributed by atoms with Gasteiger partial charge in [-0.3, -0.25) is 10.1 Å². The highest BCUT2D eigenvalue weighted by atomic mass is 19.4. The van der Waals surface area contributed by atoms with Gasteiger partial charge in [0.05, 0.1) is 10.5 Å². The van der Waals surface area contributed by atoms with Crippen LogP contribution in [0.5, 0.6) is 0 Å². The molecule has 19 heavy (non-hydrogen) atoms. The molecule has 0 atom stereocenters. The Morgan fingerprint density at radius 1 is 1.32 bits per heavy atom. The first-order chi connectivity index (χ1) is 8.78. The second-order valence-electron chi connectivity index (χ2n) is 4.86. The third kappa shape index (κ3) is 2.42. The van der Waals surface area contributed by atoms with Gasteiger partial charge in [-0.05, 0) is 24.5 Å². The fraction of sp³-hybridized carbons (Fsp3) is 0.500. The zero-order valence-electron chi connectivity index (χ0n) is 10.0. The smallest absolute Gasteiger partial charge is 0.330 e. The fourth-order valence-electron chi connectivity index (χ4n) is 2.40. The van der Waals surface area contributed by atoms with Gasteiger partial charge in [0.15, 0.2) is 0 Å². The summed E-state index contributed by atoms with van der Waals surface area (Å²) in [6.07, 6.45) is -2.38. The molecule has 0 aromatic heterocycles. The quantitative estimate of drug-likeness (QED) is 0.680.